The molecule has 0 saturated carbocycles. The molecule has 4 N–H and O–H groups in total. The first-order valence-corrected chi connectivity index (χ1v) is 17.8. The Labute approximate surface area is 299 Å². The summed E-state index contributed by atoms with van der Waals surface area (Å²) in [5.74, 6) is -0.943. The molecule has 3 aromatic rings. The molecule has 0 unspecified atom stereocenters. The Balaban J connectivity index is 1.49. The van der Waals surface area contributed by atoms with E-state index in [1.165, 1.54) is 7.11 Å². The zero-order chi connectivity index (χ0) is 36.8. The zero-order valence-electron chi connectivity index (χ0n) is 30.1. The normalized spacial score (nSPS) is 15.1. The molecule has 2 aromatic carbocycles. The lowest BCUT2D eigenvalue weighted by Crippen LogP contribution is -2.48. The number of nitrogens with one attached hydrogen (secondary N) is 4. The first kappa shape index (κ1) is 38.6. The number of nitrogens with zero attached hydrogens (tertiary/aromatic N) is 3. The number of hydrogen-bond donors (Lipinski definition) is 4. The highest BCUT2D eigenvalue weighted by Gasteiger charge is 2.32. The Kier molecular flexibility index (Phi) is 14.6. The Morgan fingerprint density at radius 1 is 1.04 bits per heavy atom. The molecule has 13 nitrogen and oxygen atoms in total. The fraction of sp³-hybridized carbons (Fsp3) is 0.474. The average molecular weight is 702 g/mol. The molecule has 0 fully saturated rings. The minimum atomic E-state index is -0.877. The summed E-state index contributed by atoms with van der Waals surface area (Å²) in [7, 11) is 1.28. The van der Waals surface area contributed by atoms with Gasteiger partial charge in [-0.15, -0.1) is 0 Å². The second-order valence-corrected chi connectivity index (χ2v) is 13.0. The third kappa shape index (κ3) is 11.1. The summed E-state index contributed by atoms with van der Waals surface area (Å²) in [4.78, 5) is 76.5. The van der Waals surface area contributed by atoms with Crippen LogP contribution in [0.2, 0.25) is 0 Å². The van der Waals surface area contributed by atoms with E-state index in [2.05, 4.69) is 25.9 Å². The van der Waals surface area contributed by atoms with Crippen molar-refractivity contribution in [2.45, 2.75) is 91.0 Å². The quantitative estimate of drug-likeness (QED) is 0.113. The van der Waals surface area contributed by atoms with Gasteiger partial charge < -0.3 is 35.5 Å². The molecule has 1 aliphatic rings. The molecule has 4 rings (SSSR count). The van der Waals surface area contributed by atoms with Crippen LogP contribution < -0.4 is 16.0 Å². The van der Waals surface area contributed by atoms with Gasteiger partial charge in [0.25, 0.3) is 5.91 Å². The number of fused-ring (bicyclic) bond motifs is 1. The Bertz CT molecular complexity index is 1610. The van der Waals surface area contributed by atoms with Crippen LogP contribution in [0.25, 0.3) is 0 Å². The number of aromatic amines is 1. The molecule has 1 aromatic heterocycles. The summed E-state index contributed by atoms with van der Waals surface area (Å²) >= 11 is 0. The molecule has 0 saturated heterocycles. The second-order valence-electron chi connectivity index (χ2n) is 13.0. The molecule has 0 radical (unpaired) electrons. The first-order chi connectivity index (χ1) is 24.6. The lowest BCUT2D eigenvalue weighted by Gasteiger charge is -2.25. The number of esters is 1. The van der Waals surface area contributed by atoms with Gasteiger partial charge in [-0.1, -0.05) is 63.9 Å². The van der Waals surface area contributed by atoms with E-state index in [0.717, 1.165) is 30.4 Å². The summed E-state index contributed by atoms with van der Waals surface area (Å²) < 4.78 is 4.87. The number of rotatable bonds is 18. The number of hydrogen-bond acceptors (Lipinski definition) is 8. The largest absolute Gasteiger partial charge is 0.469 e. The van der Waals surface area contributed by atoms with Crippen molar-refractivity contribution in [3.05, 3.63) is 83.4 Å². The van der Waals surface area contributed by atoms with Gasteiger partial charge in [-0.2, -0.15) is 0 Å². The molecule has 13 heteroatoms. The summed E-state index contributed by atoms with van der Waals surface area (Å²) in [5, 5.41) is 9.02. The van der Waals surface area contributed by atoms with Crippen molar-refractivity contribution in [1.82, 2.24) is 30.4 Å². The van der Waals surface area contributed by atoms with Gasteiger partial charge >= 0.3 is 5.97 Å². The van der Waals surface area contributed by atoms with Crippen molar-refractivity contribution >= 4 is 35.3 Å². The number of ether oxygens (including phenoxy) is 1. The topological polar surface area (TPSA) is 166 Å². The van der Waals surface area contributed by atoms with Crippen LogP contribution in [-0.4, -0.2) is 81.6 Å². The Morgan fingerprint density at radius 2 is 1.80 bits per heavy atom. The molecule has 0 aliphatic carbocycles. The van der Waals surface area contributed by atoms with Gasteiger partial charge in [0.1, 0.15) is 17.9 Å². The fourth-order valence-electron chi connectivity index (χ4n) is 6.12. The molecular weight excluding hydrogens is 650 g/mol. The van der Waals surface area contributed by atoms with Gasteiger partial charge in [-0.05, 0) is 48.6 Å². The molecule has 51 heavy (non-hydrogen) atoms. The molecule has 3 atom stereocenters. The molecule has 4 amide bonds. The fourth-order valence-corrected chi connectivity index (χ4v) is 6.12. The minimum absolute atomic E-state index is 0.134. The maximum atomic E-state index is 14.0. The van der Waals surface area contributed by atoms with Crippen LogP contribution in [-0.2, 0) is 43.5 Å². The van der Waals surface area contributed by atoms with Crippen LogP contribution in [0.1, 0.15) is 86.6 Å². The van der Waals surface area contributed by atoms with E-state index >= 15 is 0 Å². The predicted octanol–water partition coefficient (Wildman–Crippen LogP) is 4.17. The van der Waals surface area contributed by atoms with Crippen LogP contribution in [0.5, 0.6) is 0 Å². The van der Waals surface area contributed by atoms with Gasteiger partial charge in [0.2, 0.25) is 17.7 Å². The first-order valence-electron chi connectivity index (χ1n) is 17.8. The summed E-state index contributed by atoms with van der Waals surface area (Å²) in [6, 6.07) is 13.5. The number of amides is 4. The second kappa shape index (κ2) is 19.3. The number of benzene rings is 2. The highest BCUT2D eigenvalue weighted by Crippen LogP contribution is 2.27. The van der Waals surface area contributed by atoms with Crippen LogP contribution in [0.4, 0.5) is 5.69 Å². The summed E-state index contributed by atoms with van der Waals surface area (Å²) in [6.07, 6.45) is 6.50. The predicted molar refractivity (Wildman–Crippen MR) is 193 cm³/mol. The van der Waals surface area contributed by atoms with Gasteiger partial charge in [0.15, 0.2) is 0 Å². The van der Waals surface area contributed by atoms with E-state index in [1.807, 2.05) is 51.1 Å². The van der Waals surface area contributed by atoms with Crippen molar-refractivity contribution < 1.29 is 28.7 Å². The van der Waals surface area contributed by atoms with Crippen LogP contribution in [0, 0.1) is 5.92 Å². The van der Waals surface area contributed by atoms with Gasteiger partial charge in [-0.25, -0.2) is 4.98 Å². The number of H-pyrrole nitrogens is 1. The van der Waals surface area contributed by atoms with Crippen molar-refractivity contribution in [2.75, 3.05) is 25.5 Å². The van der Waals surface area contributed by atoms with E-state index in [1.54, 1.807) is 40.4 Å². The van der Waals surface area contributed by atoms with Gasteiger partial charge in [-0.3, -0.25) is 24.0 Å². The highest BCUT2D eigenvalue weighted by atomic mass is 16.5. The number of carbonyl (C=O) groups excluding carboxylic acids is 5. The van der Waals surface area contributed by atoms with Crippen molar-refractivity contribution in [3.8, 4) is 0 Å². The molecular formula is C38H51N7O6. The Hall–Kier alpha value is -5.20. The molecule has 0 bridgehead atoms. The number of carbonyl (C=O) groups is 5. The smallest absolute Gasteiger partial charge is 0.308 e. The monoisotopic (exact) mass is 701 g/mol. The van der Waals surface area contributed by atoms with E-state index in [0.29, 0.717) is 36.5 Å². The average Bonchev–Trinajstić information content (AvgIpc) is 3.61. The van der Waals surface area contributed by atoms with E-state index in [4.69, 9.17) is 4.74 Å². The minimum Gasteiger partial charge on any atom is -0.469 e. The van der Waals surface area contributed by atoms with E-state index in [-0.39, 0.29) is 62.1 Å². The zero-order valence-corrected chi connectivity index (χ0v) is 30.1. The van der Waals surface area contributed by atoms with Crippen LogP contribution in [0.15, 0.2) is 60.9 Å². The maximum absolute atomic E-state index is 14.0. The molecule has 274 valence electrons. The third-order valence-electron chi connectivity index (χ3n) is 8.93. The number of anilines is 1. The van der Waals surface area contributed by atoms with Crippen molar-refractivity contribution in [1.29, 1.82) is 0 Å². The maximum Gasteiger partial charge on any atom is 0.308 e. The summed E-state index contributed by atoms with van der Waals surface area (Å²) in [6.45, 7) is 7.24. The molecule has 2 heterocycles. The van der Waals surface area contributed by atoms with Crippen LogP contribution in [0.3, 0.4) is 0 Å². The van der Waals surface area contributed by atoms with E-state index in [9.17, 15) is 24.0 Å². The molecule has 1 aliphatic heterocycles. The third-order valence-corrected chi connectivity index (χ3v) is 8.93. The summed E-state index contributed by atoms with van der Waals surface area (Å²) in [5.41, 5.74) is 2.77. The lowest BCUT2D eigenvalue weighted by molar-refractivity contribution is -0.144. The number of imidazole rings is 1. The van der Waals surface area contributed by atoms with Crippen LogP contribution >= 0.6 is 0 Å². The lowest BCUT2D eigenvalue weighted by atomic mass is 10.0. The van der Waals surface area contributed by atoms with E-state index < -0.39 is 18.1 Å². The molecule has 0 spiro atoms. The highest BCUT2D eigenvalue weighted by molar-refractivity contribution is 5.96. The van der Waals surface area contributed by atoms with Gasteiger partial charge in [0.05, 0.1) is 20.1 Å². The van der Waals surface area contributed by atoms with Crippen molar-refractivity contribution in [2.24, 2.45) is 5.92 Å². The standard InChI is InChI=1S/C38H51N7O6/c1-5-11-26(3)35(47)43-31(12-6-2)36(48)41-17-10-20-44-24-29-21-28(15-16-30(29)42-32(38(44)50)22-34(46)51-4)37(49)45(25-33-39-18-19-40-33)23-27-13-8-7-9-14-27/h7-9,13-16,18-19,21,26,31-32,42H,5-6,10-12,17,20,22-25H2,1-4H3,(H,39,40)(H,41,48)(H,43,47)/t26-,31-,32-/m0/s1. The SMILES string of the molecule is CCC[C@H](NC(=O)[C@@H](C)CCC)C(=O)NCCCN1Cc2cc(C(=O)N(Cc3ccccc3)Cc3ncc[nH]3)ccc2N[C@@H](CC(=O)OC)C1=O. The van der Waals surface area contributed by atoms with Crippen molar-refractivity contribution in [3.63, 3.8) is 0 Å². The van der Waals surface area contributed by atoms with Gasteiger partial charge in [0, 0.05) is 55.7 Å². The number of methoxy groups -OCH3 is 1. The Morgan fingerprint density at radius 3 is 2.49 bits per heavy atom. The number of aromatic nitrogens is 2.